The van der Waals surface area contributed by atoms with Gasteiger partial charge in [-0.15, -0.1) is 0 Å². The van der Waals surface area contributed by atoms with Crippen LogP contribution in [0.25, 0.3) is 0 Å². The molecule has 2 saturated carbocycles. The number of primary amides is 1. The Morgan fingerprint density at radius 2 is 1.76 bits per heavy atom. The van der Waals surface area contributed by atoms with Gasteiger partial charge in [-0.1, -0.05) is 0 Å². The van der Waals surface area contributed by atoms with Gasteiger partial charge in [-0.3, -0.25) is 19.2 Å². The topological polar surface area (TPSA) is 161 Å². The lowest BCUT2D eigenvalue weighted by Crippen LogP contribution is -2.75. The molecule has 34 heavy (non-hydrogen) atoms. The number of phenolic OH excluding ortho intramolecular Hbond substituents is 1. The summed E-state index contributed by atoms with van der Waals surface area (Å²) in [4.78, 5) is 56.2. The molecule has 3 aliphatic rings. The first-order chi connectivity index (χ1) is 15.7. The SMILES string of the molecule is Cc1cc(N(C)C)c2c(c1O)C(=O)C1C(=O)[C@@]3(O)C(=O)C(C(N)=O)C(O)[C@H](N(C)C)[C@H]3C[C@H]1C2. The Morgan fingerprint density at radius 3 is 2.29 bits per heavy atom. The molecule has 0 bridgehead atoms. The van der Waals surface area contributed by atoms with Crippen LogP contribution in [0.1, 0.15) is 27.9 Å². The third-order valence-electron chi connectivity index (χ3n) is 7.94. The van der Waals surface area contributed by atoms with Crippen LogP contribution in [0.4, 0.5) is 5.69 Å². The Labute approximate surface area is 197 Å². The maximum Gasteiger partial charge on any atom is 0.230 e. The molecule has 2 fully saturated rings. The number of rotatable bonds is 3. The average molecular weight is 474 g/mol. The van der Waals surface area contributed by atoms with Crippen LogP contribution in [-0.2, 0) is 20.8 Å². The second-order valence-electron chi connectivity index (χ2n) is 10.3. The lowest BCUT2D eigenvalue weighted by Gasteiger charge is -2.55. The minimum absolute atomic E-state index is 0.0271. The van der Waals surface area contributed by atoms with E-state index in [4.69, 9.17) is 5.73 Å². The Hall–Kier alpha value is -2.82. The van der Waals surface area contributed by atoms with Crippen LogP contribution in [0.15, 0.2) is 6.07 Å². The molecule has 10 nitrogen and oxygen atoms in total. The summed E-state index contributed by atoms with van der Waals surface area (Å²) in [5.41, 5.74) is 4.57. The van der Waals surface area contributed by atoms with Crippen molar-refractivity contribution in [3.8, 4) is 5.75 Å². The van der Waals surface area contributed by atoms with Gasteiger partial charge in [0.2, 0.25) is 5.91 Å². The number of aliphatic hydroxyl groups excluding tert-OH is 1. The zero-order valence-corrected chi connectivity index (χ0v) is 19.9. The van der Waals surface area contributed by atoms with E-state index < -0.39 is 64.7 Å². The fourth-order valence-electron chi connectivity index (χ4n) is 6.40. The highest BCUT2D eigenvalue weighted by molar-refractivity contribution is 6.25. The summed E-state index contributed by atoms with van der Waals surface area (Å²) >= 11 is 0. The van der Waals surface area contributed by atoms with Gasteiger partial charge in [0, 0.05) is 31.7 Å². The van der Waals surface area contributed by atoms with E-state index in [1.165, 1.54) is 0 Å². The first kappa shape index (κ1) is 24.3. The Morgan fingerprint density at radius 1 is 1.15 bits per heavy atom. The summed E-state index contributed by atoms with van der Waals surface area (Å²) in [6, 6.07) is 0.859. The van der Waals surface area contributed by atoms with Crippen LogP contribution in [0.3, 0.4) is 0 Å². The number of nitrogens with zero attached hydrogens (tertiary/aromatic N) is 2. The summed E-state index contributed by atoms with van der Waals surface area (Å²) in [5.74, 6) is -8.90. The molecule has 0 aromatic heterocycles. The standard InChI is InChI=1S/C24H31N3O7/c1-9-6-13(26(2)3)11-7-10-8-12-17(27(4)5)20(30)16(23(25)33)22(32)24(12,34)21(31)14(10)19(29)15(11)18(9)28/h6,10,12,14,16-17,20,28,30,34H,7-8H2,1-5H3,(H2,25,33)/t10-,12-,14?,16?,17-,20?,24-/m1/s1. The summed E-state index contributed by atoms with van der Waals surface area (Å²) in [6.45, 7) is 1.65. The van der Waals surface area contributed by atoms with Crippen LogP contribution >= 0.6 is 0 Å². The van der Waals surface area contributed by atoms with E-state index in [-0.39, 0.29) is 24.2 Å². The first-order valence-corrected chi connectivity index (χ1v) is 11.3. The molecule has 1 aromatic carbocycles. The van der Waals surface area contributed by atoms with Gasteiger partial charge in [0.05, 0.1) is 17.6 Å². The number of phenols is 1. The van der Waals surface area contributed by atoms with Crippen LogP contribution in [0, 0.1) is 30.6 Å². The predicted octanol–water partition coefficient (Wildman–Crippen LogP) is -0.967. The Balaban J connectivity index is 1.90. The quantitative estimate of drug-likeness (QED) is 0.405. The number of aryl methyl sites for hydroxylation is 1. The molecule has 0 saturated heterocycles. The number of aromatic hydroxyl groups is 1. The van der Waals surface area contributed by atoms with Gasteiger partial charge in [0.25, 0.3) is 0 Å². The molecule has 3 unspecified atom stereocenters. The summed E-state index contributed by atoms with van der Waals surface area (Å²) in [7, 11) is 6.86. The van der Waals surface area contributed by atoms with E-state index >= 15 is 0 Å². The molecule has 5 N–H and O–H groups in total. The molecule has 4 rings (SSSR count). The highest BCUT2D eigenvalue weighted by Crippen LogP contribution is 2.52. The van der Waals surface area contributed by atoms with Crippen molar-refractivity contribution in [2.75, 3.05) is 33.1 Å². The highest BCUT2D eigenvalue weighted by Gasteiger charge is 2.69. The molecule has 0 aliphatic heterocycles. The third-order valence-corrected chi connectivity index (χ3v) is 7.94. The number of likely N-dealkylation sites (N-methyl/N-ethyl adjacent to an activating group) is 1. The van der Waals surface area contributed by atoms with Gasteiger partial charge in [0.1, 0.15) is 11.7 Å². The zero-order chi connectivity index (χ0) is 25.4. The minimum Gasteiger partial charge on any atom is -0.507 e. The van der Waals surface area contributed by atoms with Gasteiger partial charge in [-0.05, 0) is 57.0 Å². The van der Waals surface area contributed by atoms with Gasteiger partial charge in [0.15, 0.2) is 23.0 Å². The largest absolute Gasteiger partial charge is 0.507 e. The molecular formula is C24H31N3O7. The number of nitrogens with two attached hydrogens (primary N) is 1. The van der Waals surface area contributed by atoms with Crippen molar-refractivity contribution in [1.82, 2.24) is 4.90 Å². The van der Waals surface area contributed by atoms with Crippen molar-refractivity contribution in [2.24, 2.45) is 29.4 Å². The van der Waals surface area contributed by atoms with Gasteiger partial charge < -0.3 is 30.9 Å². The number of benzene rings is 1. The van der Waals surface area contributed by atoms with Crippen molar-refractivity contribution in [3.05, 3.63) is 22.8 Å². The van der Waals surface area contributed by atoms with Crippen LogP contribution in [-0.4, -0.2) is 89.4 Å². The minimum atomic E-state index is -2.65. The lowest BCUT2D eigenvalue weighted by molar-refractivity contribution is -0.190. The van der Waals surface area contributed by atoms with Crippen LogP contribution in [0.5, 0.6) is 5.75 Å². The monoisotopic (exact) mass is 473 g/mol. The number of hydrogen-bond acceptors (Lipinski definition) is 9. The van der Waals surface area contributed by atoms with E-state index in [2.05, 4.69) is 0 Å². The summed E-state index contributed by atoms with van der Waals surface area (Å²) in [6.07, 6.45) is -1.14. The van der Waals surface area contributed by atoms with E-state index in [1.54, 1.807) is 32.0 Å². The molecule has 0 radical (unpaired) electrons. The fourth-order valence-corrected chi connectivity index (χ4v) is 6.40. The van der Waals surface area contributed by atoms with Crippen molar-refractivity contribution >= 4 is 28.9 Å². The number of hydrogen-bond donors (Lipinski definition) is 4. The van der Waals surface area contributed by atoms with Crippen molar-refractivity contribution < 1.29 is 34.5 Å². The van der Waals surface area contributed by atoms with Gasteiger partial charge >= 0.3 is 0 Å². The normalized spacial score (nSPS) is 35.0. The molecule has 0 heterocycles. The second-order valence-corrected chi connectivity index (χ2v) is 10.3. The second kappa shape index (κ2) is 7.86. The van der Waals surface area contributed by atoms with Gasteiger partial charge in [-0.25, -0.2) is 0 Å². The fraction of sp³-hybridized carbons (Fsp3) is 0.583. The number of Topliss-reactive ketones (excluding diaryl/α,β-unsaturated/α-hetero) is 3. The number of amides is 1. The van der Waals surface area contributed by atoms with E-state index in [9.17, 15) is 34.5 Å². The van der Waals surface area contributed by atoms with Gasteiger partial charge in [-0.2, -0.15) is 0 Å². The average Bonchev–Trinajstić information content (AvgIpc) is 2.72. The summed E-state index contributed by atoms with van der Waals surface area (Å²) in [5, 5.41) is 33.2. The molecular weight excluding hydrogens is 442 g/mol. The molecule has 1 amide bonds. The van der Waals surface area contributed by atoms with Crippen LogP contribution < -0.4 is 10.6 Å². The molecule has 0 spiro atoms. The number of fused-ring (bicyclic) bond motifs is 3. The number of anilines is 1. The molecule has 1 aromatic rings. The van der Waals surface area contributed by atoms with Crippen molar-refractivity contribution in [2.45, 2.75) is 37.5 Å². The maximum atomic E-state index is 13.8. The summed E-state index contributed by atoms with van der Waals surface area (Å²) < 4.78 is 0. The van der Waals surface area contributed by atoms with E-state index in [1.807, 2.05) is 19.0 Å². The molecule has 7 atom stereocenters. The lowest BCUT2D eigenvalue weighted by atomic mass is 9.52. The molecule has 184 valence electrons. The van der Waals surface area contributed by atoms with Crippen LogP contribution in [0.2, 0.25) is 0 Å². The number of carbonyl (C=O) groups is 4. The zero-order valence-electron chi connectivity index (χ0n) is 19.9. The van der Waals surface area contributed by atoms with E-state index in [0.29, 0.717) is 11.1 Å². The number of carbonyl (C=O) groups excluding carboxylic acids is 4. The Kier molecular flexibility index (Phi) is 5.62. The van der Waals surface area contributed by atoms with Crippen molar-refractivity contribution in [3.63, 3.8) is 0 Å². The molecule has 3 aliphatic carbocycles. The number of ketones is 3. The predicted molar refractivity (Wildman–Crippen MR) is 121 cm³/mol. The molecule has 10 heteroatoms. The Bertz CT molecular complexity index is 1110. The highest BCUT2D eigenvalue weighted by atomic mass is 16.3. The third kappa shape index (κ3) is 3.05. The smallest absolute Gasteiger partial charge is 0.230 e. The first-order valence-electron chi connectivity index (χ1n) is 11.3. The maximum absolute atomic E-state index is 13.8. The van der Waals surface area contributed by atoms with E-state index in [0.717, 1.165) is 5.69 Å². The number of aliphatic hydroxyl groups is 2. The van der Waals surface area contributed by atoms with Crippen molar-refractivity contribution in [1.29, 1.82) is 0 Å².